The van der Waals surface area contributed by atoms with E-state index in [-0.39, 0.29) is 5.17 Å². The maximum absolute atomic E-state index is 7.17. The average molecular weight is 256 g/mol. The van der Waals surface area contributed by atoms with Gasteiger partial charge in [-0.3, -0.25) is 5.41 Å². The van der Waals surface area contributed by atoms with E-state index in [1.54, 1.807) is 21.3 Å². The van der Waals surface area contributed by atoms with Crippen LogP contribution >= 0.6 is 11.8 Å². The van der Waals surface area contributed by atoms with Crippen LogP contribution in [-0.2, 0) is 5.75 Å². The lowest BCUT2D eigenvalue weighted by Crippen LogP contribution is -2.04. The van der Waals surface area contributed by atoms with E-state index in [2.05, 4.69) is 0 Å². The second-order valence-corrected chi connectivity index (χ2v) is 4.20. The zero-order valence-corrected chi connectivity index (χ0v) is 10.9. The van der Waals surface area contributed by atoms with Gasteiger partial charge in [-0.05, 0) is 17.7 Å². The Bertz CT molecular complexity index is 385. The first kappa shape index (κ1) is 13.5. The summed E-state index contributed by atoms with van der Waals surface area (Å²) in [6.07, 6.45) is 0. The van der Waals surface area contributed by atoms with E-state index in [0.717, 1.165) is 5.56 Å². The Labute approximate surface area is 105 Å². The van der Waals surface area contributed by atoms with Crippen molar-refractivity contribution in [2.24, 2.45) is 5.73 Å². The van der Waals surface area contributed by atoms with E-state index in [1.165, 1.54) is 11.8 Å². The molecular weight excluding hydrogens is 240 g/mol. The lowest BCUT2D eigenvalue weighted by Gasteiger charge is -2.13. The molecule has 0 aliphatic heterocycles. The monoisotopic (exact) mass is 256 g/mol. The molecule has 0 aliphatic carbocycles. The molecule has 0 radical (unpaired) electrons. The highest BCUT2D eigenvalue weighted by molar-refractivity contribution is 8.13. The van der Waals surface area contributed by atoms with E-state index in [1.807, 2.05) is 12.1 Å². The van der Waals surface area contributed by atoms with Gasteiger partial charge in [0.05, 0.1) is 21.3 Å². The summed E-state index contributed by atoms with van der Waals surface area (Å²) < 4.78 is 15.7. The number of nitrogens with one attached hydrogen (secondary N) is 1. The highest BCUT2D eigenvalue weighted by atomic mass is 32.2. The lowest BCUT2D eigenvalue weighted by molar-refractivity contribution is 0.324. The van der Waals surface area contributed by atoms with Crippen LogP contribution in [0.4, 0.5) is 0 Å². The minimum absolute atomic E-state index is 0.0822. The molecule has 0 bridgehead atoms. The van der Waals surface area contributed by atoms with Gasteiger partial charge in [0.1, 0.15) is 0 Å². The van der Waals surface area contributed by atoms with Crippen molar-refractivity contribution >= 4 is 16.9 Å². The molecule has 0 heterocycles. The van der Waals surface area contributed by atoms with Gasteiger partial charge in [0, 0.05) is 5.75 Å². The summed E-state index contributed by atoms with van der Waals surface area (Å²) in [5.74, 6) is 2.36. The first-order valence-corrected chi connectivity index (χ1v) is 5.86. The fourth-order valence-corrected chi connectivity index (χ4v) is 1.87. The first-order chi connectivity index (χ1) is 8.12. The van der Waals surface area contributed by atoms with Gasteiger partial charge in [-0.1, -0.05) is 11.8 Å². The zero-order valence-electron chi connectivity index (χ0n) is 10.1. The van der Waals surface area contributed by atoms with Gasteiger partial charge >= 0.3 is 0 Å². The number of benzene rings is 1. The minimum Gasteiger partial charge on any atom is -0.493 e. The number of amidine groups is 1. The average Bonchev–Trinajstić information content (AvgIpc) is 2.34. The van der Waals surface area contributed by atoms with Gasteiger partial charge in [0.2, 0.25) is 5.75 Å². The van der Waals surface area contributed by atoms with E-state index >= 15 is 0 Å². The third-order valence-corrected chi connectivity index (χ3v) is 2.91. The lowest BCUT2D eigenvalue weighted by atomic mass is 10.2. The number of hydrogen-bond donors (Lipinski definition) is 2. The van der Waals surface area contributed by atoms with Crippen LogP contribution in [0.1, 0.15) is 5.56 Å². The topological polar surface area (TPSA) is 77.6 Å². The molecule has 94 valence electrons. The molecule has 0 unspecified atom stereocenters. The molecule has 0 spiro atoms. The van der Waals surface area contributed by atoms with Crippen LogP contribution in [0.5, 0.6) is 17.2 Å². The number of methoxy groups -OCH3 is 3. The van der Waals surface area contributed by atoms with Crippen molar-refractivity contribution < 1.29 is 14.2 Å². The standard InChI is InChI=1S/C11H16N2O3S/c1-14-8-4-7(6-17-11(12)13)5-9(15-2)10(8)16-3/h4-5H,6H2,1-3H3,(H3,12,13). The Morgan fingerprint density at radius 2 is 1.71 bits per heavy atom. The SMILES string of the molecule is COc1cc(CSC(=N)N)cc(OC)c1OC. The van der Waals surface area contributed by atoms with E-state index < -0.39 is 0 Å². The van der Waals surface area contributed by atoms with Crippen LogP contribution < -0.4 is 19.9 Å². The maximum atomic E-state index is 7.17. The number of hydrogen-bond acceptors (Lipinski definition) is 5. The molecule has 0 aliphatic rings. The predicted molar refractivity (Wildman–Crippen MR) is 69.3 cm³/mol. The van der Waals surface area contributed by atoms with Gasteiger partial charge in [-0.2, -0.15) is 0 Å². The van der Waals surface area contributed by atoms with Crippen molar-refractivity contribution in [1.29, 1.82) is 5.41 Å². The summed E-state index contributed by atoms with van der Waals surface area (Å²) in [5, 5.41) is 7.25. The van der Waals surface area contributed by atoms with Gasteiger partial charge < -0.3 is 19.9 Å². The van der Waals surface area contributed by atoms with Gasteiger partial charge in [0.25, 0.3) is 0 Å². The Kier molecular flexibility index (Phi) is 4.96. The second kappa shape index (κ2) is 6.24. The molecule has 0 aromatic heterocycles. The fourth-order valence-electron chi connectivity index (χ4n) is 1.38. The van der Waals surface area contributed by atoms with Crippen LogP contribution in [0.3, 0.4) is 0 Å². The second-order valence-electron chi connectivity index (χ2n) is 3.19. The number of ether oxygens (including phenoxy) is 3. The zero-order chi connectivity index (χ0) is 12.8. The van der Waals surface area contributed by atoms with Gasteiger partial charge in [-0.25, -0.2) is 0 Å². The summed E-state index contributed by atoms with van der Waals surface area (Å²) in [6.45, 7) is 0. The summed E-state index contributed by atoms with van der Waals surface area (Å²) in [4.78, 5) is 0. The first-order valence-electron chi connectivity index (χ1n) is 4.88. The Morgan fingerprint density at radius 3 is 2.06 bits per heavy atom. The predicted octanol–water partition coefficient (Wildman–Crippen LogP) is 1.84. The van der Waals surface area contributed by atoms with Crippen molar-refractivity contribution in [3.63, 3.8) is 0 Å². The van der Waals surface area contributed by atoms with Crippen molar-refractivity contribution in [2.45, 2.75) is 5.75 Å². The molecule has 0 atom stereocenters. The highest BCUT2D eigenvalue weighted by Crippen LogP contribution is 2.38. The third kappa shape index (κ3) is 3.45. The van der Waals surface area contributed by atoms with E-state index in [4.69, 9.17) is 25.4 Å². The van der Waals surface area contributed by atoms with Crippen LogP contribution in [-0.4, -0.2) is 26.5 Å². The summed E-state index contributed by atoms with van der Waals surface area (Å²) >= 11 is 1.25. The molecule has 0 amide bonds. The number of rotatable bonds is 5. The van der Waals surface area contributed by atoms with Gasteiger partial charge in [0.15, 0.2) is 16.7 Å². The Hall–Kier alpha value is -1.56. The molecule has 6 heteroatoms. The molecule has 3 N–H and O–H groups in total. The van der Waals surface area contributed by atoms with Crippen LogP contribution in [0.2, 0.25) is 0 Å². The molecule has 1 rings (SSSR count). The quantitative estimate of drug-likeness (QED) is 0.621. The summed E-state index contributed by atoms with van der Waals surface area (Å²) in [6, 6.07) is 3.69. The molecule has 17 heavy (non-hydrogen) atoms. The largest absolute Gasteiger partial charge is 0.493 e. The van der Waals surface area contributed by atoms with Crippen LogP contribution in [0.15, 0.2) is 12.1 Å². The van der Waals surface area contributed by atoms with Crippen molar-refractivity contribution in [3.05, 3.63) is 17.7 Å². The number of nitrogens with two attached hydrogens (primary N) is 1. The van der Waals surface area contributed by atoms with E-state index in [9.17, 15) is 0 Å². The van der Waals surface area contributed by atoms with Gasteiger partial charge in [-0.15, -0.1) is 0 Å². The normalized spacial score (nSPS) is 9.82. The Morgan fingerprint density at radius 1 is 1.18 bits per heavy atom. The van der Waals surface area contributed by atoms with Crippen molar-refractivity contribution in [2.75, 3.05) is 21.3 Å². The third-order valence-electron chi connectivity index (χ3n) is 2.12. The molecule has 0 saturated heterocycles. The van der Waals surface area contributed by atoms with Crippen LogP contribution in [0.25, 0.3) is 0 Å². The minimum atomic E-state index is 0.0822. The summed E-state index contributed by atoms with van der Waals surface area (Å²) in [7, 11) is 4.70. The van der Waals surface area contributed by atoms with Crippen molar-refractivity contribution in [1.82, 2.24) is 0 Å². The summed E-state index contributed by atoms with van der Waals surface area (Å²) in [5.41, 5.74) is 6.25. The molecule has 5 nitrogen and oxygen atoms in total. The Balaban J connectivity index is 3.04. The van der Waals surface area contributed by atoms with Crippen LogP contribution in [0, 0.1) is 5.41 Å². The molecular formula is C11H16N2O3S. The molecule has 0 saturated carbocycles. The fraction of sp³-hybridized carbons (Fsp3) is 0.364. The molecule has 1 aromatic carbocycles. The smallest absolute Gasteiger partial charge is 0.203 e. The number of thioether (sulfide) groups is 1. The van der Waals surface area contributed by atoms with Crippen molar-refractivity contribution in [3.8, 4) is 17.2 Å². The maximum Gasteiger partial charge on any atom is 0.203 e. The molecule has 0 fully saturated rings. The molecule has 1 aromatic rings. The highest BCUT2D eigenvalue weighted by Gasteiger charge is 2.13. The van der Waals surface area contributed by atoms with E-state index in [0.29, 0.717) is 23.0 Å².